The molecular weight excluding hydrogens is 250 g/mol. The van der Waals surface area contributed by atoms with E-state index in [1.54, 1.807) is 18.2 Å². The topological polar surface area (TPSA) is 46.6 Å². The minimum absolute atomic E-state index is 0.277. The van der Waals surface area contributed by atoms with E-state index < -0.39 is 10.0 Å². The first-order valence-corrected chi connectivity index (χ1v) is 7.11. The lowest BCUT2D eigenvalue weighted by molar-refractivity contribution is 0.159. The molecule has 0 N–H and O–H groups in total. The zero-order valence-electron chi connectivity index (χ0n) is 11.0. The monoisotopic (exact) mass is 267 g/mol. The predicted octanol–water partition coefficient (Wildman–Crippen LogP) is 2.12. The summed E-state index contributed by atoms with van der Waals surface area (Å²) in [5.74, 6) is 0.709. The van der Waals surface area contributed by atoms with E-state index in [0.29, 0.717) is 5.75 Å². The highest BCUT2D eigenvalue weighted by molar-refractivity contribution is 7.89. The van der Waals surface area contributed by atoms with Crippen LogP contribution in [0.25, 0.3) is 6.08 Å². The van der Waals surface area contributed by atoms with Gasteiger partial charge in [-0.2, -0.15) is 0 Å². The van der Waals surface area contributed by atoms with Crippen molar-refractivity contribution in [3.05, 3.63) is 29.8 Å². The van der Waals surface area contributed by atoms with Gasteiger partial charge in [0.25, 0.3) is 0 Å². The number of ether oxygens (including phenoxy) is 1. The Morgan fingerprint density at radius 3 is 2.50 bits per heavy atom. The van der Waals surface area contributed by atoms with E-state index in [2.05, 4.69) is 0 Å². The van der Waals surface area contributed by atoms with Crippen molar-refractivity contribution in [2.45, 2.75) is 24.3 Å². The third-order valence-electron chi connectivity index (χ3n) is 2.80. The molecule has 0 saturated carbocycles. The quantitative estimate of drug-likeness (QED) is 0.824. The summed E-state index contributed by atoms with van der Waals surface area (Å²) in [5.41, 5.74) is 0.437. The maximum atomic E-state index is 12.0. The fraction of sp³-hybridized carbons (Fsp3) is 0.385. The molecule has 0 radical (unpaired) electrons. The molecule has 98 valence electrons. The standard InChI is InChI=1S/C13H17NO3S/c1-13(2)8-7-10-9-11(5-6-12(10)17-13)18(15,16)14(3)4/h5-9H,1-4H3. The van der Waals surface area contributed by atoms with Crippen LogP contribution in [0.2, 0.25) is 0 Å². The van der Waals surface area contributed by atoms with Crippen LogP contribution in [-0.4, -0.2) is 32.4 Å². The van der Waals surface area contributed by atoms with Crippen LogP contribution in [-0.2, 0) is 10.0 Å². The molecule has 5 heteroatoms. The second-order valence-corrected chi connectivity index (χ2v) is 7.18. The summed E-state index contributed by atoms with van der Waals surface area (Å²) in [4.78, 5) is 0.277. The van der Waals surface area contributed by atoms with E-state index in [-0.39, 0.29) is 10.5 Å². The molecule has 0 aromatic heterocycles. The SMILES string of the molecule is CN(C)S(=O)(=O)c1ccc2c(c1)C=CC(C)(C)O2. The average Bonchev–Trinajstić information content (AvgIpc) is 2.26. The molecule has 0 unspecified atom stereocenters. The first kappa shape index (κ1) is 13.1. The largest absolute Gasteiger partial charge is 0.483 e. The zero-order chi connectivity index (χ0) is 13.6. The highest BCUT2D eigenvalue weighted by Gasteiger charge is 2.24. The van der Waals surface area contributed by atoms with Gasteiger partial charge < -0.3 is 4.74 Å². The number of nitrogens with zero attached hydrogens (tertiary/aromatic N) is 1. The van der Waals surface area contributed by atoms with Crippen molar-refractivity contribution < 1.29 is 13.2 Å². The molecule has 4 nitrogen and oxygen atoms in total. The maximum absolute atomic E-state index is 12.0. The van der Waals surface area contributed by atoms with Crippen LogP contribution in [0.15, 0.2) is 29.2 Å². The van der Waals surface area contributed by atoms with Gasteiger partial charge in [0.1, 0.15) is 11.4 Å². The molecule has 0 fully saturated rings. The van der Waals surface area contributed by atoms with Gasteiger partial charge in [-0.3, -0.25) is 0 Å². The molecule has 18 heavy (non-hydrogen) atoms. The zero-order valence-corrected chi connectivity index (χ0v) is 11.8. The van der Waals surface area contributed by atoms with Gasteiger partial charge in [0.2, 0.25) is 10.0 Å². The number of rotatable bonds is 2. The van der Waals surface area contributed by atoms with E-state index >= 15 is 0 Å². The third kappa shape index (κ3) is 2.28. The average molecular weight is 267 g/mol. The minimum atomic E-state index is -3.40. The van der Waals surface area contributed by atoms with Crippen LogP contribution in [0.3, 0.4) is 0 Å². The number of hydrogen-bond donors (Lipinski definition) is 0. The van der Waals surface area contributed by atoms with Gasteiger partial charge in [0.15, 0.2) is 0 Å². The summed E-state index contributed by atoms with van der Waals surface area (Å²) in [6.45, 7) is 3.91. The van der Waals surface area contributed by atoms with Gasteiger partial charge in [-0.15, -0.1) is 0 Å². The minimum Gasteiger partial charge on any atom is -0.483 e. The molecule has 1 aromatic carbocycles. The molecule has 0 spiro atoms. The van der Waals surface area contributed by atoms with Gasteiger partial charge in [0, 0.05) is 19.7 Å². The smallest absolute Gasteiger partial charge is 0.242 e. The number of hydrogen-bond acceptors (Lipinski definition) is 3. The Labute approximate surface area is 108 Å². The van der Waals surface area contributed by atoms with Crippen molar-refractivity contribution in [3.63, 3.8) is 0 Å². The third-order valence-corrected chi connectivity index (χ3v) is 4.61. The highest BCUT2D eigenvalue weighted by atomic mass is 32.2. The van der Waals surface area contributed by atoms with E-state index in [0.717, 1.165) is 5.56 Å². The van der Waals surface area contributed by atoms with Crippen molar-refractivity contribution >= 4 is 16.1 Å². The normalized spacial score (nSPS) is 17.4. The predicted molar refractivity (Wildman–Crippen MR) is 71.1 cm³/mol. The molecule has 0 bridgehead atoms. The van der Waals surface area contributed by atoms with E-state index in [4.69, 9.17) is 4.74 Å². The lowest BCUT2D eigenvalue weighted by Crippen LogP contribution is -2.28. The summed E-state index contributed by atoms with van der Waals surface area (Å²) < 4.78 is 31.0. The lowest BCUT2D eigenvalue weighted by Gasteiger charge is -2.28. The molecule has 2 rings (SSSR count). The Hall–Kier alpha value is -1.33. The van der Waals surface area contributed by atoms with Crippen LogP contribution in [0.1, 0.15) is 19.4 Å². The van der Waals surface area contributed by atoms with Crippen LogP contribution in [0.4, 0.5) is 0 Å². The summed E-state index contributed by atoms with van der Waals surface area (Å²) in [5, 5.41) is 0. The van der Waals surface area contributed by atoms with E-state index in [9.17, 15) is 8.42 Å². The molecule has 1 heterocycles. The second kappa shape index (κ2) is 4.10. The first-order chi connectivity index (χ1) is 8.22. The van der Waals surface area contributed by atoms with Crippen molar-refractivity contribution in [1.82, 2.24) is 4.31 Å². The molecule has 0 amide bonds. The lowest BCUT2D eigenvalue weighted by atomic mass is 10.0. The molecule has 1 aromatic rings. The van der Waals surface area contributed by atoms with Crippen molar-refractivity contribution in [3.8, 4) is 5.75 Å². The molecule has 1 aliphatic rings. The number of benzene rings is 1. The Morgan fingerprint density at radius 2 is 1.89 bits per heavy atom. The number of fused-ring (bicyclic) bond motifs is 1. The summed E-state index contributed by atoms with van der Waals surface area (Å²) in [6.07, 6.45) is 3.81. The van der Waals surface area contributed by atoms with Crippen LogP contribution in [0, 0.1) is 0 Å². The van der Waals surface area contributed by atoms with Crippen molar-refractivity contribution in [2.75, 3.05) is 14.1 Å². The Bertz CT molecular complexity index is 601. The summed E-state index contributed by atoms with van der Waals surface area (Å²) in [6, 6.07) is 4.91. The van der Waals surface area contributed by atoms with Gasteiger partial charge in [0.05, 0.1) is 4.90 Å². The molecule has 1 aliphatic heterocycles. The van der Waals surface area contributed by atoms with Crippen LogP contribution >= 0.6 is 0 Å². The fourth-order valence-electron chi connectivity index (χ4n) is 1.73. The molecule has 0 aliphatic carbocycles. The molecule has 0 atom stereocenters. The Balaban J connectivity index is 2.48. The van der Waals surface area contributed by atoms with E-state index in [1.165, 1.54) is 18.4 Å². The number of sulfonamides is 1. The van der Waals surface area contributed by atoms with Crippen LogP contribution < -0.4 is 4.74 Å². The molecule has 0 saturated heterocycles. The summed E-state index contributed by atoms with van der Waals surface area (Å²) >= 11 is 0. The summed E-state index contributed by atoms with van der Waals surface area (Å²) in [7, 11) is -0.359. The molecular formula is C13H17NO3S. The van der Waals surface area contributed by atoms with E-state index in [1.807, 2.05) is 26.0 Å². The highest BCUT2D eigenvalue weighted by Crippen LogP contribution is 2.32. The Morgan fingerprint density at radius 1 is 1.22 bits per heavy atom. The fourth-order valence-corrected chi connectivity index (χ4v) is 2.67. The van der Waals surface area contributed by atoms with Crippen molar-refractivity contribution in [1.29, 1.82) is 0 Å². The van der Waals surface area contributed by atoms with Crippen molar-refractivity contribution in [2.24, 2.45) is 0 Å². The Kier molecular flexibility index (Phi) is 2.99. The van der Waals surface area contributed by atoms with Gasteiger partial charge in [-0.25, -0.2) is 12.7 Å². The van der Waals surface area contributed by atoms with Gasteiger partial charge >= 0.3 is 0 Å². The van der Waals surface area contributed by atoms with Gasteiger partial charge in [-0.1, -0.05) is 6.08 Å². The van der Waals surface area contributed by atoms with Crippen LogP contribution in [0.5, 0.6) is 5.75 Å². The first-order valence-electron chi connectivity index (χ1n) is 5.67. The second-order valence-electron chi connectivity index (χ2n) is 5.03. The maximum Gasteiger partial charge on any atom is 0.242 e. The van der Waals surface area contributed by atoms with Gasteiger partial charge in [-0.05, 0) is 38.1 Å².